The molecule has 0 saturated heterocycles. The average Bonchev–Trinajstić information content (AvgIpc) is 3.77. The van der Waals surface area contributed by atoms with E-state index in [4.69, 9.17) is 4.98 Å². The first-order valence-electron chi connectivity index (χ1n) is 19.6. The van der Waals surface area contributed by atoms with Gasteiger partial charge in [-0.05, 0) is 86.3 Å². The van der Waals surface area contributed by atoms with E-state index in [1.165, 1.54) is 112 Å². The zero-order chi connectivity index (χ0) is 36.7. The van der Waals surface area contributed by atoms with E-state index < -0.39 is 0 Å². The van der Waals surface area contributed by atoms with Gasteiger partial charge in [-0.3, -0.25) is 0 Å². The number of fused-ring (bicyclic) bond motifs is 9. The number of nitrogens with zero attached hydrogens (tertiary/aromatic N) is 3. The van der Waals surface area contributed by atoms with Crippen LogP contribution in [-0.2, 0) is 0 Å². The van der Waals surface area contributed by atoms with Gasteiger partial charge in [0.1, 0.15) is 0 Å². The second kappa shape index (κ2) is 10.2. The van der Waals surface area contributed by atoms with Gasteiger partial charge in [0.2, 0.25) is 0 Å². The number of hydrogen-bond donors (Lipinski definition) is 0. The summed E-state index contributed by atoms with van der Waals surface area (Å²) in [6.45, 7) is 0.0717. The molecule has 8 aromatic carbocycles. The molecule has 0 fully saturated rings. The quantitative estimate of drug-likeness (QED) is 0.153. The molecule has 7 heterocycles. The lowest BCUT2D eigenvalue weighted by molar-refractivity contribution is 1.14. The molecule has 0 amide bonds. The Balaban J connectivity index is 1.24. The first kappa shape index (κ1) is 29.5. The predicted octanol–water partition coefficient (Wildman–Crippen LogP) is 12.0. The van der Waals surface area contributed by atoms with Crippen molar-refractivity contribution in [2.24, 2.45) is 0 Å². The molecule has 15 rings (SSSR count). The van der Waals surface area contributed by atoms with Crippen LogP contribution in [0.4, 0.5) is 0 Å². The molecule has 0 unspecified atom stereocenters. The van der Waals surface area contributed by atoms with Crippen molar-refractivity contribution in [3.05, 3.63) is 158 Å². The topological polar surface area (TPSA) is 22.8 Å². The molecule has 57 heavy (non-hydrogen) atoms. The molecule has 5 aromatic heterocycles. The maximum Gasteiger partial charge on any atom is 0.277 e. The first-order chi connectivity index (χ1) is 28.3. The molecular weight excluding hydrogens is 730 g/mol. The number of para-hydroxylation sites is 1. The molecule has 0 atom stereocenters. The Kier molecular flexibility index (Phi) is 5.27. The van der Waals surface area contributed by atoms with Crippen molar-refractivity contribution in [3.63, 3.8) is 0 Å². The number of pyridine rings is 1. The maximum atomic E-state index is 5.35. The van der Waals surface area contributed by atoms with E-state index in [9.17, 15) is 0 Å². The fourth-order valence-electron chi connectivity index (χ4n) is 10.8. The third kappa shape index (κ3) is 3.50. The summed E-state index contributed by atoms with van der Waals surface area (Å²) in [7, 11) is 0. The molecule has 0 spiro atoms. The summed E-state index contributed by atoms with van der Waals surface area (Å²) in [6.07, 6.45) is 0. The van der Waals surface area contributed by atoms with E-state index in [-0.39, 0.29) is 6.71 Å². The first-order valence-corrected chi connectivity index (χ1v) is 21.2. The van der Waals surface area contributed by atoms with Crippen LogP contribution in [0.25, 0.3) is 119 Å². The van der Waals surface area contributed by atoms with Crippen LogP contribution in [0.3, 0.4) is 0 Å². The van der Waals surface area contributed by atoms with E-state index in [1.807, 2.05) is 22.7 Å². The second-order valence-electron chi connectivity index (χ2n) is 15.8. The van der Waals surface area contributed by atoms with E-state index >= 15 is 0 Å². The molecule has 260 valence electrons. The SMILES string of the molecule is c1ccc2nc(-c3cc4c5c(c3)-n3c6cccc7cccc(c8cccc9sc(c3c98)B5c3sc5cccc8c9cccc%10cccc(c%109)n-4c3c58)c76)ccc2c1. The number of benzene rings is 8. The van der Waals surface area contributed by atoms with Crippen molar-refractivity contribution in [2.75, 3.05) is 0 Å². The summed E-state index contributed by atoms with van der Waals surface area (Å²) in [5.41, 5.74) is 12.1. The van der Waals surface area contributed by atoms with E-state index in [1.54, 1.807) is 0 Å². The molecule has 0 saturated carbocycles. The highest BCUT2D eigenvalue weighted by Crippen LogP contribution is 2.46. The molecule has 0 radical (unpaired) electrons. The molecule has 6 heteroatoms. The van der Waals surface area contributed by atoms with Crippen LogP contribution in [0.15, 0.2) is 158 Å². The summed E-state index contributed by atoms with van der Waals surface area (Å²) in [5.74, 6) is 0. The third-order valence-corrected chi connectivity index (χ3v) is 15.5. The van der Waals surface area contributed by atoms with Gasteiger partial charge in [0.25, 0.3) is 6.71 Å². The Morgan fingerprint density at radius 1 is 0.439 bits per heavy atom. The van der Waals surface area contributed by atoms with Crippen LogP contribution >= 0.6 is 22.7 Å². The molecule has 2 aliphatic rings. The largest absolute Gasteiger partial charge is 0.309 e. The average molecular weight is 756 g/mol. The lowest BCUT2D eigenvalue weighted by Gasteiger charge is -2.33. The Labute approximate surface area is 333 Å². The third-order valence-electron chi connectivity index (χ3n) is 13.0. The highest BCUT2D eigenvalue weighted by atomic mass is 32.1. The molecule has 2 aliphatic heterocycles. The van der Waals surface area contributed by atoms with Gasteiger partial charge < -0.3 is 9.13 Å². The fourth-order valence-corrected chi connectivity index (χ4v) is 13.6. The van der Waals surface area contributed by atoms with Crippen molar-refractivity contribution in [3.8, 4) is 22.6 Å². The molecule has 13 aromatic rings. The maximum absolute atomic E-state index is 5.35. The minimum Gasteiger partial charge on any atom is -0.309 e. The highest BCUT2D eigenvalue weighted by molar-refractivity contribution is 7.41. The molecule has 3 nitrogen and oxygen atoms in total. The predicted molar refractivity (Wildman–Crippen MR) is 246 cm³/mol. The van der Waals surface area contributed by atoms with E-state index in [2.05, 4.69) is 167 Å². The standard InChI is InChI=1S/C51H26BN3S2/c1-2-18-35-27(9-1)23-24-36(53-35)30-25-39-47-40(26-30)55-38-20-6-13-29-11-4-15-32(44(29)38)34-17-8-22-42-46(34)49(55)51(57-42)52(47)50-48-45-33(16-7-21-41(45)56-50)31-14-3-10-28-12-5-19-37(43(28)31)54(39)48/h1-26H. The van der Waals surface area contributed by atoms with Gasteiger partial charge >= 0.3 is 0 Å². The monoisotopic (exact) mass is 755 g/mol. The molecule has 0 bridgehead atoms. The van der Waals surface area contributed by atoms with Gasteiger partial charge in [-0.15, -0.1) is 22.7 Å². The lowest BCUT2D eigenvalue weighted by Crippen LogP contribution is -2.57. The minimum atomic E-state index is 0.0717. The lowest BCUT2D eigenvalue weighted by atomic mass is 9.40. The van der Waals surface area contributed by atoms with Gasteiger partial charge in [-0.1, -0.05) is 109 Å². The number of hydrogen-bond acceptors (Lipinski definition) is 3. The Morgan fingerprint density at radius 3 is 1.51 bits per heavy atom. The van der Waals surface area contributed by atoms with Crippen molar-refractivity contribution < 1.29 is 0 Å². The van der Waals surface area contributed by atoms with Crippen LogP contribution < -0.4 is 15.0 Å². The summed E-state index contributed by atoms with van der Waals surface area (Å²) in [4.78, 5) is 5.35. The van der Waals surface area contributed by atoms with Crippen molar-refractivity contribution in [2.45, 2.75) is 0 Å². The van der Waals surface area contributed by atoms with Crippen LogP contribution in [0.1, 0.15) is 0 Å². The second-order valence-corrected chi connectivity index (χ2v) is 17.9. The van der Waals surface area contributed by atoms with Crippen LogP contribution in [-0.4, -0.2) is 20.8 Å². The van der Waals surface area contributed by atoms with Crippen LogP contribution in [0, 0.1) is 0 Å². The van der Waals surface area contributed by atoms with Crippen molar-refractivity contribution >= 4 is 141 Å². The van der Waals surface area contributed by atoms with Gasteiger partial charge in [0.15, 0.2) is 0 Å². The van der Waals surface area contributed by atoms with E-state index in [0.717, 1.165) is 22.2 Å². The normalized spacial score (nSPS) is 13.2. The van der Waals surface area contributed by atoms with Gasteiger partial charge in [-0.25, -0.2) is 4.98 Å². The molecular formula is C51H26BN3S2. The smallest absolute Gasteiger partial charge is 0.277 e. The van der Waals surface area contributed by atoms with Crippen molar-refractivity contribution in [1.82, 2.24) is 14.1 Å². The highest BCUT2D eigenvalue weighted by Gasteiger charge is 2.43. The Hall–Kier alpha value is -6.73. The summed E-state index contributed by atoms with van der Waals surface area (Å²) < 4.78 is 10.8. The summed E-state index contributed by atoms with van der Waals surface area (Å²) in [5, 5.41) is 14.2. The number of thiophene rings is 2. The van der Waals surface area contributed by atoms with Gasteiger partial charge in [0, 0.05) is 62.8 Å². The Morgan fingerprint density at radius 2 is 0.930 bits per heavy atom. The minimum absolute atomic E-state index is 0.0717. The summed E-state index contributed by atoms with van der Waals surface area (Å²) >= 11 is 3.98. The molecule has 0 aliphatic carbocycles. The Bertz CT molecular complexity index is 3780. The number of rotatable bonds is 1. The van der Waals surface area contributed by atoms with E-state index in [0.29, 0.717) is 0 Å². The fraction of sp³-hybridized carbons (Fsp3) is 0. The van der Waals surface area contributed by atoms with Crippen molar-refractivity contribution in [1.29, 1.82) is 0 Å². The zero-order valence-electron chi connectivity index (χ0n) is 30.2. The summed E-state index contributed by atoms with van der Waals surface area (Å²) in [6, 6.07) is 59.1. The van der Waals surface area contributed by atoms with Crippen LogP contribution in [0.2, 0.25) is 0 Å². The zero-order valence-corrected chi connectivity index (χ0v) is 31.9. The van der Waals surface area contributed by atoms with Crippen LogP contribution in [0.5, 0.6) is 0 Å². The number of aromatic nitrogens is 3. The van der Waals surface area contributed by atoms with Gasteiger partial charge in [0.05, 0.1) is 33.3 Å². The molecule has 0 N–H and O–H groups in total. The van der Waals surface area contributed by atoms with Gasteiger partial charge in [-0.2, -0.15) is 0 Å².